The van der Waals surface area contributed by atoms with Gasteiger partial charge in [0.15, 0.2) is 0 Å². The van der Waals surface area contributed by atoms with Gasteiger partial charge in [0.25, 0.3) is 0 Å². The number of fused-ring (bicyclic) bond motifs is 14. The Morgan fingerprint density at radius 3 is 2.16 bits per heavy atom. The second kappa shape index (κ2) is 13.0. The van der Waals surface area contributed by atoms with Gasteiger partial charge in [0.1, 0.15) is 11.2 Å². The van der Waals surface area contributed by atoms with Gasteiger partial charge in [-0.1, -0.05) is 71.8 Å². The van der Waals surface area contributed by atoms with Gasteiger partial charge >= 0.3 is 0 Å². The summed E-state index contributed by atoms with van der Waals surface area (Å²) in [6.07, 6.45) is 1.85. The van der Waals surface area contributed by atoms with Crippen molar-refractivity contribution in [1.29, 1.82) is 5.26 Å². The van der Waals surface area contributed by atoms with E-state index in [2.05, 4.69) is 169 Å². The Hall–Kier alpha value is -7.98. The molecule has 0 unspecified atom stereocenters. The number of nitriles is 1. The number of aromatic nitrogens is 3. The fraction of sp³-hybridized carbons (Fsp3) is 0.0357. The Morgan fingerprint density at radius 1 is 0.500 bits per heavy atom. The Morgan fingerprint density at radius 2 is 1.27 bits per heavy atom. The summed E-state index contributed by atoms with van der Waals surface area (Å²) in [5.74, 6) is 0. The van der Waals surface area contributed by atoms with E-state index >= 15 is 0 Å². The fourth-order valence-electron chi connectivity index (χ4n) is 9.93. The highest BCUT2D eigenvalue weighted by Crippen LogP contribution is 2.45. The molecule has 5 nitrogen and oxygen atoms in total. The van der Waals surface area contributed by atoms with Crippen molar-refractivity contribution in [1.82, 2.24) is 14.1 Å². The van der Waals surface area contributed by atoms with E-state index in [9.17, 15) is 5.26 Å². The van der Waals surface area contributed by atoms with E-state index in [0.717, 1.165) is 88.5 Å². The molecule has 0 fully saturated rings. The van der Waals surface area contributed by atoms with Crippen LogP contribution < -0.4 is 0 Å². The first-order valence-electron chi connectivity index (χ1n) is 20.8. The van der Waals surface area contributed by atoms with Crippen molar-refractivity contribution >= 4 is 97.1 Å². The Balaban J connectivity index is 1.04. The highest BCUT2D eigenvalue weighted by atomic mass is 32.1. The molecule has 13 rings (SSSR count). The number of benzene rings is 8. The van der Waals surface area contributed by atoms with Gasteiger partial charge in [-0.05, 0) is 128 Å². The van der Waals surface area contributed by atoms with E-state index in [1.807, 2.05) is 41.8 Å². The molecule has 0 bridgehead atoms. The number of nitrogens with zero attached hydrogens (tertiary/aromatic N) is 4. The highest BCUT2D eigenvalue weighted by molar-refractivity contribution is 7.26. The number of hydrogen-bond donors (Lipinski definition) is 0. The van der Waals surface area contributed by atoms with Crippen molar-refractivity contribution in [3.63, 3.8) is 0 Å². The second-order valence-corrected chi connectivity index (χ2v) is 17.5. The van der Waals surface area contributed by atoms with Gasteiger partial charge in [-0.2, -0.15) is 5.26 Å². The molecular formula is C56H34N4OS. The maximum Gasteiger partial charge on any atom is 0.145 e. The smallest absolute Gasteiger partial charge is 0.145 e. The normalized spacial score (nSPS) is 12.0. The molecule has 0 aliphatic carbocycles. The van der Waals surface area contributed by atoms with E-state index in [0.29, 0.717) is 5.56 Å². The molecule has 0 aliphatic rings. The van der Waals surface area contributed by atoms with Crippen LogP contribution in [0.15, 0.2) is 174 Å². The molecule has 0 aliphatic heterocycles. The monoisotopic (exact) mass is 810 g/mol. The molecule has 290 valence electrons. The van der Waals surface area contributed by atoms with Crippen molar-refractivity contribution in [2.24, 2.45) is 0 Å². The molecule has 0 radical (unpaired) electrons. The van der Waals surface area contributed by atoms with Crippen LogP contribution in [0.3, 0.4) is 0 Å². The van der Waals surface area contributed by atoms with Crippen LogP contribution in [0.1, 0.15) is 16.7 Å². The summed E-state index contributed by atoms with van der Waals surface area (Å²) in [7, 11) is 0. The first kappa shape index (κ1) is 34.8. The lowest BCUT2D eigenvalue weighted by Crippen LogP contribution is -1.97. The molecule has 0 amide bonds. The lowest BCUT2D eigenvalue weighted by Gasteiger charge is -2.14. The average Bonchev–Trinajstić information content (AvgIpc) is 4.06. The van der Waals surface area contributed by atoms with Gasteiger partial charge in [0.05, 0.1) is 44.8 Å². The van der Waals surface area contributed by atoms with Crippen LogP contribution in [0.25, 0.3) is 119 Å². The number of hydrogen-bond acceptors (Lipinski definition) is 4. The molecule has 13 aromatic rings. The van der Waals surface area contributed by atoms with Crippen molar-refractivity contribution < 1.29 is 4.42 Å². The number of pyridine rings is 1. The number of thiophene rings is 1. The average molecular weight is 811 g/mol. The number of aryl methyl sites for hydroxylation is 2. The zero-order valence-electron chi connectivity index (χ0n) is 33.8. The Kier molecular flexibility index (Phi) is 7.31. The van der Waals surface area contributed by atoms with Crippen molar-refractivity contribution in [3.05, 3.63) is 187 Å². The van der Waals surface area contributed by atoms with Crippen LogP contribution >= 0.6 is 11.3 Å². The summed E-state index contributed by atoms with van der Waals surface area (Å²) >= 11 is 1.84. The molecule has 5 heterocycles. The molecule has 5 aromatic heterocycles. The van der Waals surface area contributed by atoms with Gasteiger partial charge in [-0.15, -0.1) is 11.3 Å². The SMILES string of the molecule is Cc1ccc2oc3c(ccc4c3c3cc(C)ccc3n4-c3cc(C#N)cc(-c4cccc(-n5c6cc(-c7ccccn7)ccc6c6c7c(ccc65)sc5ccccc57)c4)c3)c2c1. The Labute approximate surface area is 359 Å². The lowest BCUT2D eigenvalue weighted by molar-refractivity contribution is 0.673. The number of rotatable bonds is 4. The van der Waals surface area contributed by atoms with E-state index in [1.54, 1.807) is 0 Å². The fourth-order valence-corrected chi connectivity index (χ4v) is 11.0. The molecule has 0 atom stereocenters. The zero-order valence-corrected chi connectivity index (χ0v) is 34.6. The van der Waals surface area contributed by atoms with Gasteiger partial charge in [-0.3, -0.25) is 4.98 Å². The minimum Gasteiger partial charge on any atom is -0.455 e. The summed E-state index contributed by atoms with van der Waals surface area (Å²) in [5, 5.41) is 20.0. The van der Waals surface area contributed by atoms with Crippen molar-refractivity contribution in [3.8, 4) is 39.8 Å². The van der Waals surface area contributed by atoms with Gasteiger partial charge in [0, 0.05) is 70.2 Å². The van der Waals surface area contributed by atoms with E-state index in [-0.39, 0.29) is 0 Å². The van der Waals surface area contributed by atoms with Gasteiger partial charge < -0.3 is 13.6 Å². The summed E-state index contributed by atoms with van der Waals surface area (Å²) in [5.41, 5.74) is 15.0. The largest absolute Gasteiger partial charge is 0.455 e. The topological polar surface area (TPSA) is 59.7 Å². The highest BCUT2D eigenvalue weighted by Gasteiger charge is 2.22. The van der Waals surface area contributed by atoms with Crippen molar-refractivity contribution in [2.45, 2.75) is 13.8 Å². The Bertz CT molecular complexity index is 4080. The molecule has 6 heteroatoms. The molecule has 0 saturated heterocycles. The van der Waals surface area contributed by atoms with Crippen molar-refractivity contribution in [2.75, 3.05) is 0 Å². The van der Waals surface area contributed by atoms with Crippen LogP contribution in [0.4, 0.5) is 0 Å². The quantitative estimate of drug-likeness (QED) is 0.178. The van der Waals surface area contributed by atoms with Crippen LogP contribution in [0.5, 0.6) is 0 Å². The van der Waals surface area contributed by atoms with E-state index in [4.69, 9.17) is 9.40 Å². The minimum absolute atomic E-state index is 0.592. The standard InChI is InChI=1S/C56H34N4OS/c1-32-13-18-46-44(25-32)54-48(19-17-40-43-24-33(2)14-21-50(43)61-56(40)54)60(46)39-27-34(31-57)26-37(29-39)35-8-7-9-38(28-35)59-47-20-22-52-55(42-10-3-4-12-51(42)62-52)53(47)41-16-15-36(30-49(41)59)45-11-5-6-23-58-45/h3-30H,1-2H3. The van der Waals surface area contributed by atoms with Crippen LogP contribution in [0, 0.1) is 25.2 Å². The van der Waals surface area contributed by atoms with Crippen LogP contribution in [-0.4, -0.2) is 14.1 Å². The maximum absolute atomic E-state index is 10.6. The summed E-state index contributed by atoms with van der Waals surface area (Å²) in [6.45, 7) is 4.25. The van der Waals surface area contributed by atoms with Gasteiger partial charge in [0.2, 0.25) is 0 Å². The molecule has 0 saturated carbocycles. The van der Waals surface area contributed by atoms with Gasteiger partial charge in [-0.25, -0.2) is 0 Å². The number of furan rings is 1. The second-order valence-electron chi connectivity index (χ2n) is 16.4. The van der Waals surface area contributed by atoms with E-state index < -0.39 is 0 Å². The predicted molar refractivity (Wildman–Crippen MR) is 258 cm³/mol. The summed E-state index contributed by atoms with van der Waals surface area (Å²) in [4.78, 5) is 4.72. The summed E-state index contributed by atoms with van der Waals surface area (Å²) < 4.78 is 13.9. The lowest BCUT2D eigenvalue weighted by atomic mass is 10.0. The van der Waals surface area contributed by atoms with Crippen LogP contribution in [0.2, 0.25) is 0 Å². The van der Waals surface area contributed by atoms with E-state index in [1.165, 1.54) is 42.1 Å². The van der Waals surface area contributed by atoms with Crippen LogP contribution in [-0.2, 0) is 0 Å². The first-order chi connectivity index (χ1) is 30.5. The summed E-state index contributed by atoms with van der Waals surface area (Å²) in [6, 6.07) is 60.9. The molecule has 62 heavy (non-hydrogen) atoms. The third-order valence-corrected chi connectivity index (χ3v) is 13.8. The third kappa shape index (κ3) is 5.03. The first-order valence-corrected chi connectivity index (χ1v) is 21.6. The molecule has 0 spiro atoms. The molecular weight excluding hydrogens is 777 g/mol. The minimum atomic E-state index is 0.592. The molecule has 8 aromatic carbocycles. The molecule has 0 N–H and O–H groups in total. The maximum atomic E-state index is 10.6. The predicted octanol–water partition coefficient (Wildman–Crippen LogP) is 15.4. The zero-order chi connectivity index (χ0) is 41.2. The third-order valence-electron chi connectivity index (χ3n) is 12.6.